The van der Waals surface area contributed by atoms with Gasteiger partial charge < -0.3 is 0 Å². The second-order valence-corrected chi connectivity index (χ2v) is 14.9. The van der Waals surface area contributed by atoms with E-state index in [-0.39, 0.29) is 10.8 Å². The van der Waals surface area contributed by atoms with Crippen LogP contribution in [0.15, 0.2) is 146 Å². The number of fused-ring (bicyclic) bond motifs is 11. The highest BCUT2D eigenvalue weighted by Gasteiger charge is 2.36. The van der Waals surface area contributed by atoms with Gasteiger partial charge >= 0.3 is 0 Å². The molecule has 228 valence electrons. The van der Waals surface area contributed by atoms with Crippen LogP contribution in [0.3, 0.4) is 0 Å². The van der Waals surface area contributed by atoms with Crippen molar-refractivity contribution in [2.45, 2.75) is 38.5 Å². The number of hydrogen-bond donors (Lipinski definition) is 0. The molecular formula is C48H36. The standard InChI is InChI=1S/C48H36/c1-47(2)42-19-11-9-15-34(42)36-23-21-29(27-44(36)47)40-25-31-26-41(33-14-6-8-18-39(33)46(31)38-17-7-5-13-32(38)40)30-22-24-37-35-16-10-12-20-43(35)48(3,4)45(37)28-30/h5-28H,1-4H3. The maximum Gasteiger partial charge on any atom is 0.0159 e. The first-order valence-electron chi connectivity index (χ1n) is 17.2. The van der Waals surface area contributed by atoms with Crippen LogP contribution >= 0.6 is 0 Å². The fraction of sp³-hybridized carbons (Fsp3) is 0.125. The van der Waals surface area contributed by atoms with Crippen LogP contribution in [0.2, 0.25) is 0 Å². The Morgan fingerprint density at radius 2 is 0.688 bits per heavy atom. The molecule has 0 aliphatic heterocycles. The highest BCUT2D eigenvalue weighted by Crippen LogP contribution is 2.52. The van der Waals surface area contributed by atoms with E-state index < -0.39 is 0 Å². The molecule has 0 radical (unpaired) electrons. The Morgan fingerprint density at radius 1 is 0.312 bits per heavy atom. The van der Waals surface area contributed by atoms with Crippen molar-refractivity contribution in [1.82, 2.24) is 0 Å². The summed E-state index contributed by atoms with van der Waals surface area (Å²) in [7, 11) is 0. The molecule has 0 amide bonds. The van der Waals surface area contributed by atoms with E-state index in [0.717, 1.165) is 0 Å². The Hall–Kier alpha value is -5.46. The van der Waals surface area contributed by atoms with Crippen LogP contribution in [0.4, 0.5) is 0 Å². The van der Waals surface area contributed by atoms with Gasteiger partial charge in [0, 0.05) is 10.8 Å². The van der Waals surface area contributed by atoms with Crippen LogP contribution in [0, 0.1) is 0 Å². The third-order valence-corrected chi connectivity index (χ3v) is 11.7. The molecule has 8 aromatic carbocycles. The van der Waals surface area contributed by atoms with Crippen molar-refractivity contribution in [3.63, 3.8) is 0 Å². The molecule has 0 unspecified atom stereocenters. The molecule has 8 aromatic rings. The molecule has 0 saturated carbocycles. The van der Waals surface area contributed by atoms with Gasteiger partial charge in [0.2, 0.25) is 0 Å². The van der Waals surface area contributed by atoms with Crippen LogP contribution in [-0.4, -0.2) is 0 Å². The van der Waals surface area contributed by atoms with Crippen LogP contribution in [-0.2, 0) is 10.8 Å². The Labute approximate surface area is 282 Å². The van der Waals surface area contributed by atoms with Crippen molar-refractivity contribution in [2.75, 3.05) is 0 Å². The average molecular weight is 613 g/mol. The molecular weight excluding hydrogens is 577 g/mol. The lowest BCUT2D eigenvalue weighted by Gasteiger charge is -2.23. The summed E-state index contributed by atoms with van der Waals surface area (Å²) in [6, 6.07) is 55.0. The summed E-state index contributed by atoms with van der Waals surface area (Å²) in [6.07, 6.45) is 0. The molecule has 0 bridgehead atoms. The lowest BCUT2D eigenvalue weighted by Crippen LogP contribution is -2.14. The highest BCUT2D eigenvalue weighted by atomic mass is 14.4. The Bertz CT molecular complexity index is 2480. The second-order valence-electron chi connectivity index (χ2n) is 14.9. The van der Waals surface area contributed by atoms with Gasteiger partial charge in [0.05, 0.1) is 0 Å². The fourth-order valence-corrected chi connectivity index (χ4v) is 9.20. The van der Waals surface area contributed by atoms with Crippen molar-refractivity contribution in [2.24, 2.45) is 0 Å². The lowest BCUT2D eigenvalue weighted by molar-refractivity contribution is 0.660. The summed E-state index contributed by atoms with van der Waals surface area (Å²) in [4.78, 5) is 0. The smallest absolute Gasteiger partial charge is 0.0159 e. The van der Waals surface area contributed by atoms with E-state index in [1.165, 1.54) is 99.1 Å². The van der Waals surface area contributed by atoms with Gasteiger partial charge in [0.15, 0.2) is 0 Å². The third-order valence-electron chi connectivity index (χ3n) is 11.7. The van der Waals surface area contributed by atoms with Crippen LogP contribution in [0.5, 0.6) is 0 Å². The van der Waals surface area contributed by atoms with Gasteiger partial charge in [-0.1, -0.05) is 149 Å². The summed E-state index contributed by atoms with van der Waals surface area (Å²) in [5.74, 6) is 0. The van der Waals surface area contributed by atoms with Gasteiger partial charge in [-0.3, -0.25) is 0 Å². The van der Waals surface area contributed by atoms with Crippen LogP contribution < -0.4 is 0 Å². The fourth-order valence-electron chi connectivity index (χ4n) is 9.20. The normalized spacial score (nSPS) is 15.0. The highest BCUT2D eigenvalue weighted by molar-refractivity contribution is 6.25. The molecule has 0 heteroatoms. The largest absolute Gasteiger partial charge is 0.0619 e. The van der Waals surface area contributed by atoms with E-state index in [1.807, 2.05) is 0 Å². The Kier molecular flexibility index (Phi) is 5.50. The second kappa shape index (κ2) is 9.55. The molecule has 0 saturated heterocycles. The minimum Gasteiger partial charge on any atom is -0.0619 e. The average Bonchev–Trinajstić information content (AvgIpc) is 3.50. The summed E-state index contributed by atoms with van der Waals surface area (Å²) >= 11 is 0. The van der Waals surface area contributed by atoms with Crippen molar-refractivity contribution in [3.05, 3.63) is 168 Å². The van der Waals surface area contributed by atoms with E-state index in [2.05, 4.69) is 173 Å². The molecule has 0 N–H and O–H groups in total. The number of hydrogen-bond acceptors (Lipinski definition) is 0. The molecule has 10 rings (SSSR count). The maximum absolute atomic E-state index is 2.46. The van der Waals surface area contributed by atoms with E-state index in [4.69, 9.17) is 0 Å². The van der Waals surface area contributed by atoms with Gasteiger partial charge in [-0.05, 0) is 123 Å². The Balaban J connectivity index is 1.23. The first-order chi connectivity index (χ1) is 23.3. The minimum atomic E-state index is -0.0427. The van der Waals surface area contributed by atoms with Gasteiger partial charge in [-0.2, -0.15) is 0 Å². The molecule has 2 aliphatic carbocycles. The van der Waals surface area contributed by atoms with E-state index in [1.54, 1.807) is 0 Å². The number of rotatable bonds is 2. The quantitative estimate of drug-likeness (QED) is 0.170. The topological polar surface area (TPSA) is 0 Å². The third kappa shape index (κ3) is 3.61. The molecule has 2 aliphatic rings. The SMILES string of the molecule is CC1(C)c2ccccc2-c2ccc(-c3cc4cc(-c5ccc6c(c5)C(C)(C)c5ccccc5-6)c5ccccc5c4c4ccccc34)cc21. The zero-order chi connectivity index (χ0) is 32.4. The van der Waals surface area contributed by atoms with E-state index in [0.29, 0.717) is 0 Å². The van der Waals surface area contributed by atoms with E-state index in [9.17, 15) is 0 Å². The molecule has 0 heterocycles. The van der Waals surface area contributed by atoms with Gasteiger partial charge in [-0.25, -0.2) is 0 Å². The van der Waals surface area contributed by atoms with E-state index >= 15 is 0 Å². The summed E-state index contributed by atoms with van der Waals surface area (Å²) in [5.41, 5.74) is 16.1. The Morgan fingerprint density at radius 3 is 1.15 bits per heavy atom. The predicted molar refractivity (Wildman–Crippen MR) is 205 cm³/mol. The summed E-state index contributed by atoms with van der Waals surface area (Å²) < 4.78 is 0. The van der Waals surface area contributed by atoms with Crippen molar-refractivity contribution >= 4 is 32.3 Å². The summed E-state index contributed by atoms with van der Waals surface area (Å²) in [5, 5.41) is 7.82. The van der Waals surface area contributed by atoms with Gasteiger partial charge in [0.1, 0.15) is 0 Å². The van der Waals surface area contributed by atoms with Crippen molar-refractivity contribution in [3.8, 4) is 44.5 Å². The van der Waals surface area contributed by atoms with Crippen molar-refractivity contribution < 1.29 is 0 Å². The van der Waals surface area contributed by atoms with Gasteiger partial charge in [0.25, 0.3) is 0 Å². The predicted octanol–water partition coefficient (Wildman–Crippen LogP) is 13.1. The lowest BCUT2D eigenvalue weighted by atomic mass is 9.80. The molecule has 0 atom stereocenters. The monoisotopic (exact) mass is 612 g/mol. The maximum atomic E-state index is 2.46. The zero-order valence-electron chi connectivity index (χ0n) is 27.9. The molecule has 0 aromatic heterocycles. The van der Waals surface area contributed by atoms with Crippen LogP contribution in [0.1, 0.15) is 49.9 Å². The molecule has 0 nitrogen and oxygen atoms in total. The van der Waals surface area contributed by atoms with Crippen molar-refractivity contribution in [1.29, 1.82) is 0 Å². The number of benzene rings is 8. The minimum absolute atomic E-state index is 0.0427. The van der Waals surface area contributed by atoms with Crippen LogP contribution in [0.25, 0.3) is 76.8 Å². The van der Waals surface area contributed by atoms with Gasteiger partial charge in [-0.15, -0.1) is 0 Å². The molecule has 0 fully saturated rings. The molecule has 48 heavy (non-hydrogen) atoms. The summed E-state index contributed by atoms with van der Waals surface area (Å²) in [6.45, 7) is 9.48. The molecule has 0 spiro atoms. The zero-order valence-corrected chi connectivity index (χ0v) is 27.9. The first kappa shape index (κ1) is 27.6. The first-order valence-corrected chi connectivity index (χ1v) is 17.2.